The Bertz CT molecular complexity index is 213. The van der Waals surface area contributed by atoms with Crippen LogP contribution in [0.25, 0.3) is 0 Å². The molecule has 0 aromatic heterocycles. The van der Waals surface area contributed by atoms with E-state index in [-0.39, 0.29) is 0 Å². The second-order valence-corrected chi connectivity index (χ2v) is 4.79. The monoisotopic (exact) mass is 225 g/mol. The van der Waals surface area contributed by atoms with Gasteiger partial charge in [-0.25, -0.2) is 4.99 Å². The molecule has 0 spiro atoms. The number of guanidine groups is 1. The van der Waals surface area contributed by atoms with E-state index in [1.54, 1.807) is 0 Å². The van der Waals surface area contributed by atoms with Crippen molar-refractivity contribution in [2.45, 2.75) is 52.0 Å². The summed E-state index contributed by atoms with van der Waals surface area (Å²) in [5.41, 5.74) is 0. The number of rotatable bonds is 3. The van der Waals surface area contributed by atoms with Crippen molar-refractivity contribution in [2.75, 3.05) is 27.2 Å². The molecule has 1 saturated carbocycles. The molecule has 3 nitrogen and oxygen atoms in total. The highest BCUT2D eigenvalue weighted by atomic mass is 15.4. The fraction of sp³-hybridized carbons (Fsp3) is 0.923. The van der Waals surface area contributed by atoms with Gasteiger partial charge in [-0.3, -0.25) is 0 Å². The quantitative estimate of drug-likeness (QED) is 0.543. The summed E-state index contributed by atoms with van der Waals surface area (Å²) in [4.78, 5) is 9.44. The zero-order chi connectivity index (χ0) is 12.0. The molecule has 0 aliphatic heterocycles. The van der Waals surface area contributed by atoms with Crippen LogP contribution >= 0.6 is 0 Å². The highest BCUT2D eigenvalue weighted by molar-refractivity contribution is 5.79. The third kappa shape index (κ3) is 3.69. The van der Waals surface area contributed by atoms with Crippen LogP contribution < -0.4 is 0 Å². The molecule has 0 unspecified atom stereocenters. The topological polar surface area (TPSA) is 18.8 Å². The summed E-state index contributed by atoms with van der Waals surface area (Å²) < 4.78 is 0. The van der Waals surface area contributed by atoms with Crippen LogP contribution in [-0.2, 0) is 0 Å². The number of hydrogen-bond donors (Lipinski definition) is 0. The molecule has 94 valence electrons. The smallest absolute Gasteiger partial charge is 0.196 e. The molecule has 0 bridgehead atoms. The largest absolute Gasteiger partial charge is 0.349 e. The lowest BCUT2D eigenvalue weighted by molar-refractivity contribution is 0.376. The van der Waals surface area contributed by atoms with Crippen molar-refractivity contribution < 1.29 is 0 Å². The summed E-state index contributed by atoms with van der Waals surface area (Å²) in [5, 5.41) is 0. The first-order valence-corrected chi connectivity index (χ1v) is 6.69. The molecule has 0 aromatic rings. The Labute approximate surface area is 101 Å². The molecule has 0 saturated heterocycles. The molecule has 3 heteroatoms. The molecular weight excluding hydrogens is 198 g/mol. The Morgan fingerprint density at radius 2 is 1.62 bits per heavy atom. The lowest BCUT2D eigenvalue weighted by Gasteiger charge is -2.30. The van der Waals surface area contributed by atoms with Crippen molar-refractivity contribution >= 4 is 5.96 Å². The van der Waals surface area contributed by atoms with Crippen LogP contribution in [0.1, 0.15) is 46.0 Å². The van der Waals surface area contributed by atoms with Gasteiger partial charge in [-0.1, -0.05) is 19.3 Å². The fourth-order valence-corrected chi connectivity index (χ4v) is 2.36. The average molecular weight is 225 g/mol. The minimum absolute atomic E-state index is 0.562. The van der Waals surface area contributed by atoms with Gasteiger partial charge in [0.25, 0.3) is 0 Å². The van der Waals surface area contributed by atoms with Gasteiger partial charge in [0, 0.05) is 27.2 Å². The van der Waals surface area contributed by atoms with Gasteiger partial charge in [0.15, 0.2) is 5.96 Å². The van der Waals surface area contributed by atoms with Crippen LogP contribution in [0.15, 0.2) is 4.99 Å². The van der Waals surface area contributed by atoms with E-state index in [9.17, 15) is 0 Å². The second-order valence-electron chi connectivity index (χ2n) is 4.79. The summed E-state index contributed by atoms with van der Waals surface area (Å²) in [5.74, 6) is 1.16. The van der Waals surface area contributed by atoms with E-state index in [1.807, 2.05) is 0 Å². The third-order valence-corrected chi connectivity index (χ3v) is 3.32. The van der Waals surface area contributed by atoms with E-state index in [0.717, 1.165) is 19.0 Å². The fourth-order valence-electron chi connectivity index (χ4n) is 2.36. The third-order valence-electron chi connectivity index (χ3n) is 3.32. The summed E-state index contributed by atoms with van der Waals surface area (Å²) >= 11 is 0. The van der Waals surface area contributed by atoms with Crippen LogP contribution in [-0.4, -0.2) is 49.0 Å². The SMILES string of the molecule is CCN(CC)/C(=N/C1CCCCC1)N(C)C. The van der Waals surface area contributed by atoms with Crippen molar-refractivity contribution in [3.63, 3.8) is 0 Å². The summed E-state index contributed by atoms with van der Waals surface area (Å²) in [6.45, 7) is 6.48. The number of hydrogen-bond acceptors (Lipinski definition) is 1. The Morgan fingerprint density at radius 1 is 1.06 bits per heavy atom. The van der Waals surface area contributed by atoms with Crippen molar-refractivity contribution in [3.8, 4) is 0 Å². The van der Waals surface area contributed by atoms with Crippen molar-refractivity contribution in [1.82, 2.24) is 9.80 Å². The Kier molecular flexibility index (Phi) is 5.64. The van der Waals surface area contributed by atoms with E-state index < -0.39 is 0 Å². The van der Waals surface area contributed by atoms with Gasteiger partial charge in [0.05, 0.1) is 6.04 Å². The van der Waals surface area contributed by atoms with E-state index >= 15 is 0 Å². The maximum absolute atomic E-state index is 4.95. The lowest BCUT2D eigenvalue weighted by atomic mass is 9.96. The van der Waals surface area contributed by atoms with Crippen LogP contribution in [0.3, 0.4) is 0 Å². The first-order chi connectivity index (χ1) is 7.69. The molecule has 1 rings (SSSR count). The van der Waals surface area contributed by atoms with Gasteiger partial charge in [0.1, 0.15) is 0 Å². The van der Waals surface area contributed by atoms with Crippen molar-refractivity contribution in [2.24, 2.45) is 4.99 Å². The second kappa shape index (κ2) is 6.77. The predicted molar refractivity (Wildman–Crippen MR) is 70.9 cm³/mol. The molecular formula is C13H27N3. The maximum Gasteiger partial charge on any atom is 0.196 e. The van der Waals surface area contributed by atoms with Crippen LogP contribution in [0, 0.1) is 0 Å². The van der Waals surface area contributed by atoms with Crippen molar-refractivity contribution in [1.29, 1.82) is 0 Å². The number of nitrogens with zero attached hydrogens (tertiary/aromatic N) is 3. The van der Waals surface area contributed by atoms with Gasteiger partial charge < -0.3 is 9.80 Å². The van der Waals surface area contributed by atoms with Gasteiger partial charge in [0.2, 0.25) is 0 Å². The molecule has 0 aromatic carbocycles. The van der Waals surface area contributed by atoms with Gasteiger partial charge in [-0.05, 0) is 26.7 Å². The zero-order valence-corrected chi connectivity index (χ0v) is 11.4. The molecule has 0 amide bonds. The highest BCUT2D eigenvalue weighted by Crippen LogP contribution is 2.20. The highest BCUT2D eigenvalue weighted by Gasteiger charge is 2.16. The summed E-state index contributed by atoms with van der Waals surface area (Å²) in [7, 11) is 4.19. The molecule has 0 heterocycles. The minimum Gasteiger partial charge on any atom is -0.349 e. The Morgan fingerprint density at radius 3 is 2.06 bits per heavy atom. The van der Waals surface area contributed by atoms with Crippen LogP contribution in [0.2, 0.25) is 0 Å². The number of aliphatic imine (C=N–C) groups is 1. The first-order valence-electron chi connectivity index (χ1n) is 6.69. The van der Waals surface area contributed by atoms with Gasteiger partial charge in [-0.2, -0.15) is 0 Å². The molecule has 0 N–H and O–H groups in total. The standard InChI is InChI=1S/C13H27N3/c1-5-16(6-2)13(15(3)4)14-12-10-8-7-9-11-12/h12H,5-11H2,1-4H3/b14-13+. The van der Waals surface area contributed by atoms with Crippen LogP contribution in [0.5, 0.6) is 0 Å². The molecule has 0 atom stereocenters. The van der Waals surface area contributed by atoms with Crippen molar-refractivity contribution in [3.05, 3.63) is 0 Å². The van der Waals surface area contributed by atoms with Gasteiger partial charge in [-0.15, -0.1) is 0 Å². The molecule has 1 aliphatic carbocycles. The summed E-state index contributed by atoms with van der Waals surface area (Å²) in [6.07, 6.45) is 6.66. The lowest BCUT2D eigenvalue weighted by Crippen LogP contribution is -2.41. The van der Waals surface area contributed by atoms with Crippen LogP contribution in [0.4, 0.5) is 0 Å². The summed E-state index contributed by atoms with van der Waals surface area (Å²) in [6, 6.07) is 0.562. The molecule has 0 radical (unpaired) electrons. The average Bonchev–Trinajstić information content (AvgIpc) is 2.30. The predicted octanol–water partition coefficient (Wildman–Crippen LogP) is 2.58. The maximum atomic E-state index is 4.95. The van der Waals surface area contributed by atoms with E-state index in [2.05, 4.69) is 37.7 Å². The van der Waals surface area contributed by atoms with E-state index in [1.165, 1.54) is 32.1 Å². The molecule has 16 heavy (non-hydrogen) atoms. The normalized spacial score (nSPS) is 18.6. The Hall–Kier alpha value is -0.730. The van der Waals surface area contributed by atoms with E-state index in [0.29, 0.717) is 6.04 Å². The molecule has 1 aliphatic rings. The molecule has 1 fully saturated rings. The minimum atomic E-state index is 0.562. The van der Waals surface area contributed by atoms with Gasteiger partial charge >= 0.3 is 0 Å². The Balaban J connectivity index is 2.70. The zero-order valence-electron chi connectivity index (χ0n) is 11.4. The van der Waals surface area contributed by atoms with E-state index in [4.69, 9.17) is 4.99 Å². The first kappa shape index (κ1) is 13.3.